The lowest BCUT2D eigenvalue weighted by molar-refractivity contribution is 0.425. The van der Waals surface area contributed by atoms with Crippen LogP contribution in [-0.4, -0.2) is 4.89 Å². The Bertz CT molecular complexity index is 66.8. The van der Waals surface area contributed by atoms with Crippen LogP contribution < -0.4 is 0 Å². The SMILES string of the molecule is CCCC.O=[P+](O)OCl. The van der Waals surface area contributed by atoms with Gasteiger partial charge in [0.05, 0.1) is 0 Å². The molecule has 0 aromatic rings. The van der Waals surface area contributed by atoms with Gasteiger partial charge in [-0.3, -0.25) is 0 Å². The van der Waals surface area contributed by atoms with Gasteiger partial charge < -0.3 is 0 Å². The predicted octanol–water partition coefficient (Wildman–Crippen LogP) is 2.61. The number of unbranched alkanes of at least 4 members (excludes halogenated alkanes) is 1. The molecule has 5 heteroatoms. The third-order valence-electron chi connectivity index (χ3n) is 0.559. The first kappa shape index (κ1) is 12.0. The van der Waals surface area contributed by atoms with Gasteiger partial charge in [-0.15, -0.1) is 4.89 Å². The maximum absolute atomic E-state index is 9.16. The van der Waals surface area contributed by atoms with Gasteiger partial charge in [0.25, 0.3) is 0 Å². The van der Waals surface area contributed by atoms with Crippen molar-refractivity contribution in [2.45, 2.75) is 26.7 Å². The van der Waals surface area contributed by atoms with Gasteiger partial charge in [0, 0.05) is 4.57 Å². The molecule has 1 atom stereocenters. The Labute approximate surface area is 61.1 Å². The van der Waals surface area contributed by atoms with Crippen LogP contribution in [0.15, 0.2) is 0 Å². The largest absolute Gasteiger partial charge is 0.713 e. The van der Waals surface area contributed by atoms with Crippen LogP contribution in [0.2, 0.25) is 0 Å². The molecule has 1 N–H and O–H groups in total. The lowest BCUT2D eigenvalue weighted by Gasteiger charge is -1.68. The van der Waals surface area contributed by atoms with Crippen LogP contribution in [0.5, 0.6) is 0 Å². The van der Waals surface area contributed by atoms with Crippen molar-refractivity contribution in [3.63, 3.8) is 0 Å². The molecule has 0 aliphatic carbocycles. The maximum Gasteiger partial charge on any atom is 0.713 e. The maximum atomic E-state index is 9.16. The molecule has 0 amide bonds. The van der Waals surface area contributed by atoms with E-state index in [-0.39, 0.29) is 0 Å². The predicted molar refractivity (Wildman–Crippen MR) is 37.3 cm³/mol. The molecular weight excluding hydrogens is 162 g/mol. The molecule has 0 rings (SSSR count). The molecule has 0 radical (unpaired) electrons. The topological polar surface area (TPSA) is 46.5 Å². The third-order valence-corrected chi connectivity index (χ3v) is 1.03. The normalized spacial score (nSPS) is 9.56. The van der Waals surface area contributed by atoms with Crippen molar-refractivity contribution in [3.8, 4) is 0 Å². The van der Waals surface area contributed by atoms with Crippen LogP contribution in [0, 0.1) is 0 Å². The summed E-state index contributed by atoms with van der Waals surface area (Å²) < 4.78 is 12.4. The van der Waals surface area contributed by atoms with E-state index in [1.54, 1.807) is 0 Å². The summed E-state index contributed by atoms with van der Waals surface area (Å²) >= 11 is 4.30. The third kappa shape index (κ3) is 30.2. The number of rotatable bonds is 2. The first-order valence-corrected chi connectivity index (χ1v) is 4.07. The standard InChI is InChI=1S/C4H10.ClO3P/c1-3-4-2;1-4-5(2)3/h3-4H2,1-2H3;/p+1. The molecule has 3 nitrogen and oxygen atoms in total. The van der Waals surface area contributed by atoms with Gasteiger partial charge in [-0.1, -0.05) is 26.7 Å². The fourth-order valence-electron chi connectivity index (χ4n) is 0. The van der Waals surface area contributed by atoms with Crippen molar-refractivity contribution in [1.29, 1.82) is 0 Å². The molecule has 0 spiro atoms. The molecule has 0 aromatic carbocycles. The Morgan fingerprint density at radius 2 is 1.78 bits per heavy atom. The van der Waals surface area contributed by atoms with Crippen LogP contribution in [-0.2, 0) is 8.64 Å². The Hall–Kier alpha value is 0.310. The molecule has 9 heavy (non-hydrogen) atoms. The van der Waals surface area contributed by atoms with E-state index in [0.717, 1.165) is 0 Å². The van der Waals surface area contributed by atoms with Crippen LogP contribution in [0.1, 0.15) is 26.7 Å². The highest BCUT2D eigenvalue weighted by atomic mass is 35.5. The summed E-state index contributed by atoms with van der Waals surface area (Å²) in [6, 6.07) is 0. The quantitative estimate of drug-likeness (QED) is 0.653. The van der Waals surface area contributed by atoms with Crippen molar-refractivity contribution in [2.24, 2.45) is 0 Å². The zero-order valence-corrected chi connectivity index (χ0v) is 7.15. The molecule has 0 aromatic heterocycles. The Morgan fingerprint density at radius 3 is 1.78 bits per heavy atom. The number of hydrogen-bond donors (Lipinski definition) is 1. The smallest absolute Gasteiger partial charge is 0.132 e. The average molecular weight is 174 g/mol. The molecule has 0 fully saturated rings. The summed E-state index contributed by atoms with van der Waals surface area (Å²) in [5.41, 5.74) is 0. The zero-order chi connectivity index (χ0) is 7.70. The van der Waals surface area contributed by atoms with Crippen molar-refractivity contribution >= 4 is 20.1 Å². The van der Waals surface area contributed by atoms with Gasteiger partial charge in [-0.05, 0) is 4.08 Å². The first-order chi connectivity index (χ1) is 4.18. The second-order valence-corrected chi connectivity index (χ2v) is 2.33. The molecule has 0 aliphatic rings. The molecule has 0 heterocycles. The fraction of sp³-hybridized carbons (Fsp3) is 1.00. The minimum atomic E-state index is -2.58. The summed E-state index contributed by atoms with van der Waals surface area (Å²) in [4.78, 5) is 7.52. The second kappa shape index (κ2) is 11.2. The summed E-state index contributed by atoms with van der Waals surface area (Å²) in [5, 5.41) is 0. The van der Waals surface area contributed by atoms with E-state index in [0.29, 0.717) is 0 Å². The Kier molecular flexibility index (Phi) is 14.9. The lowest BCUT2D eigenvalue weighted by atomic mass is 10.4. The minimum absolute atomic E-state index is 1.32. The molecule has 0 aliphatic heterocycles. The monoisotopic (exact) mass is 173 g/mol. The van der Waals surface area contributed by atoms with Gasteiger partial charge in [0.15, 0.2) is 0 Å². The van der Waals surface area contributed by atoms with Crippen molar-refractivity contribution in [3.05, 3.63) is 0 Å². The van der Waals surface area contributed by atoms with Crippen molar-refractivity contribution in [1.82, 2.24) is 0 Å². The van der Waals surface area contributed by atoms with Crippen molar-refractivity contribution < 1.29 is 13.5 Å². The van der Waals surface area contributed by atoms with Crippen LogP contribution in [0.3, 0.4) is 0 Å². The van der Waals surface area contributed by atoms with E-state index in [4.69, 9.17) is 9.46 Å². The van der Waals surface area contributed by atoms with E-state index in [1.807, 2.05) is 0 Å². The van der Waals surface area contributed by atoms with Gasteiger partial charge >= 0.3 is 8.25 Å². The summed E-state index contributed by atoms with van der Waals surface area (Å²) in [5.74, 6) is 0. The zero-order valence-electron chi connectivity index (χ0n) is 5.50. The van der Waals surface area contributed by atoms with Gasteiger partial charge in [-0.25, -0.2) is 0 Å². The Balaban J connectivity index is 0. The molecule has 0 saturated heterocycles. The highest BCUT2D eigenvalue weighted by Gasteiger charge is 2.06. The van der Waals surface area contributed by atoms with Gasteiger partial charge in [0.1, 0.15) is 11.9 Å². The van der Waals surface area contributed by atoms with Gasteiger partial charge in [-0.2, -0.15) is 0 Å². The van der Waals surface area contributed by atoms with Crippen molar-refractivity contribution in [2.75, 3.05) is 0 Å². The fourth-order valence-corrected chi connectivity index (χ4v) is 0. The van der Waals surface area contributed by atoms with Crippen LogP contribution in [0.25, 0.3) is 0 Å². The number of hydrogen-bond acceptors (Lipinski definition) is 2. The highest BCUT2D eigenvalue weighted by molar-refractivity contribution is 7.33. The van der Waals surface area contributed by atoms with E-state index in [9.17, 15) is 0 Å². The van der Waals surface area contributed by atoms with E-state index in [1.165, 1.54) is 12.8 Å². The highest BCUT2D eigenvalue weighted by Crippen LogP contribution is 2.15. The van der Waals surface area contributed by atoms with Gasteiger partial charge in [0.2, 0.25) is 0 Å². The number of halogens is 1. The molecule has 0 saturated carbocycles. The minimum Gasteiger partial charge on any atom is -0.132 e. The van der Waals surface area contributed by atoms with Crippen LogP contribution in [0.4, 0.5) is 0 Å². The van der Waals surface area contributed by atoms with E-state index < -0.39 is 8.25 Å². The summed E-state index contributed by atoms with van der Waals surface area (Å²) in [6.45, 7) is 4.36. The first-order valence-electron chi connectivity index (χ1n) is 2.63. The Morgan fingerprint density at radius 1 is 1.56 bits per heavy atom. The second-order valence-electron chi connectivity index (χ2n) is 1.31. The van der Waals surface area contributed by atoms with E-state index >= 15 is 0 Å². The van der Waals surface area contributed by atoms with Crippen LogP contribution >= 0.6 is 20.1 Å². The molecule has 0 bridgehead atoms. The van der Waals surface area contributed by atoms with E-state index in [2.05, 4.69) is 29.8 Å². The lowest BCUT2D eigenvalue weighted by Crippen LogP contribution is -1.47. The average Bonchev–Trinajstić information content (AvgIpc) is 1.89. The molecule has 1 unspecified atom stereocenters. The molecule has 56 valence electrons. The summed E-state index contributed by atoms with van der Waals surface area (Å²) in [6.07, 6.45) is 2.64. The summed E-state index contributed by atoms with van der Waals surface area (Å²) in [7, 11) is -2.58. The molecular formula is C4H11ClO3P+.